The molecule has 28 heavy (non-hydrogen) atoms. The number of rotatable bonds is 6. The fourth-order valence-corrected chi connectivity index (χ4v) is 4.70. The van der Waals surface area contributed by atoms with Crippen LogP contribution in [-0.2, 0) is 0 Å². The molecule has 4 nitrogen and oxygen atoms in total. The van der Waals surface area contributed by atoms with Crippen molar-refractivity contribution in [2.45, 2.75) is 56.1 Å². The van der Waals surface area contributed by atoms with E-state index in [0.717, 1.165) is 17.7 Å². The van der Waals surface area contributed by atoms with Crippen molar-refractivity contribution in [1.82, 2.24) is 10.6 Å². The van der Waals surface area contributed by atoms with Crippen LogP contribution in [0.15, 0.2) is 48.5 Å². The van der Waals surface area contributed by atoms with E-state index < -0.39 is 0 Å². The lowest BCUT2D eigenvalue weighted by molar-refractivity contribution is 0.123. The zero-order valence-corrected chi connectivity index (χ0v) is 16.3. The maximum atomic E-state index is 9.73. The topological polar surface area (TPSA) is 68.1 Å². The predicted octanol–water partition coefficient (Wildman–Crippen LogP) is 3.56. The standard InChI is InChI=1S/C24H29N3O/c25-14-17-6-8-18(9-7-17)19-10-12-20(13-11-19)24-22(27-23(24)16-28)15-26-21-4-2-1-3-5-21/h6-13,21-24,26-28H,1-5,15-16H2/t22-,23-,24-/m1/s1. The Labute approximate surface area is 167 Å². The molecule has 1 saturated carbocycles. The monoisotopic (exact) mass is 375 g/mol. The Hall–Kier alpha value is -2.19. The van der Waals surface area contributed by atoms with Gasteiger partial charge < -0.3 is 15.7 Å². The lowest BCUT2D eigenvalue weighted by Gasteiger charge is -2.46. The third-order valence-electron chi connectivity index (χ3n) is 6.37. The van der Waals surface area contributed by atoms with Crippen LogP contribution >= 0.6 is 0 Å². The van der Waals surface area contributed by atoms with Crippen molar-refractivity contribution < 1.29 is 5.11 Å². The molecule has 2 fully saturated rings. The highest BCUT2D eigenvalue weighted by molar-refractivity contribution is 5.64. The van der Waals surface area contributed by atoms with Crippen molar-refractivity contribution in [3.05, 3.63) is 59.7 Å². The number of aliphatic hydroxyl groups excluding tert-OH is 1. The summed E-state index contributed by atoms with van der Waals surface area (Å²) in [5.74, 6) is 0.344. The van der Waals surface area contributed by atoms with Gasteiger partial charge in [0.15, 0.2) is 0 Å². The summed E-state index contributed by atoms with van der Waals surface area (Å²) in [4.78, 5) is 0. The fraction of sp³-hybridized carbons (Fsp3) is 0.458. The Morgan fingerprint density at radius 3 is 2.18 bits per heavy atom. The number of nitrogens with zero attached hydrogens (tertiary/aromatic N) is 1. The van der Waals surface area contributed by atoms with Crippen LogP contribution in [0.2, 0.25) is 0 Å². The smallest absolute Gasteiger partial charge is 0.0991 e. The minimum Gasteiger partial charge on any atom is -0.395 e. The van der Waals surface area contributed by atoms with Gasteiger partial charge in [0.05, 0.1) is 18.2 Å². The van der Waals surface area contributed by atoms with E-state index in [9.17, 15) is 5.11 Å². The first kappa shape index (κ1) is 19.1. The summed E-state index contributed by atoms with van der Waals surface area (Å²) < 4.78 is 0. The summed E-state index contributed by atoms with van der Waals surface area (Å²) in [6.07, 6.45) is 6.64. The van der Waals surface area contributed by atoms with Crippen molar-refractivity contribution >= 4 is 0 Å². The van der Waals surface area contributed by atoms with E-state index in [0.29, 0.717) is 23.6 Å². The van der Waals surface area contributed by atoms with Crippen LogP contribution < -0.4 is 10.6 Å². The van der Waals surface area contributed by atoms with Gasteiger partial charge in [-0.3, -0.25) is 0 Å². The molecule has 0 spiro atoms. The maximum absolute atomic E-state index is 9.73. The maximum Gasteiger partial charge on any atom is 0.0991 e. The van der Waals surface area contributed by atoms with Gasteiger partial charge in [-0.15, -0.1) is 0 Å². The Balaban J connectivity index is 1.42. The fourth-order valence-electron chi connectivity index (χ4n) is 4.70. The molecule has 4 heteroatoms. The molecule has 146 valence electrons. The van der Waals surface area contributed by atoms with Crippen LogP contribution in [0, 0.1) is 11.3 Å². The van der Waals surface area contributed by atoms with E-state index in [1.807, 2.05) is 24.3 Å². The molecule has 0 amide bonds. The van der Waals surface area contributed by atoms with Crippen LogP contribution in [0.3, 0.4) is 0 Å². The zero-order chi connectivity index (χ0) is 19.3. The van der Waals surface area contributed by atoms with Gasteiger partial charge in [-0.25, -0.2) is 0 Å². The molecule has 3 N–H and O–H groups in total. The van der Waals surface area contributed by atoms with Gasteiger partial charge in [-0.05, 0) is 41.7 Å². The van der Waals surface area contributed by atoms with Gasteiger partial charge in [0.25, 0.3) is 0 Å². The van der Waals surface area contributed by atoms with Gasteiger partial charge in [0, 0.05) is 30.6 Å². The molecule has 2 aromatic rings. The van der Waals surface area contributed by atoms with E-state index in [2.05, 4.69) is 41.0 Å². The SMILES string of the molecule is N#Cc1ccc(-c2ccc([C@H]3[C@@H](CO)N[C@@H]3CNC3CCCCC3)cc2)cc1. The first-order chi connectivity index (χ1) is 13.8. The molecule has 0 unspecified atom stereocenters. The molecule has 1 aliphatic heterocycles. The second-order valence-electron chi connectivity index (χ2n) is 8.14. The Morgan fingerprint density at radius 1 is 0.929 bits per heavy atom. The summed E-state index contributed by atoms with van der Waals surface area (Å²) in [6.45, 7) is 1.13. The molecule has 2 aromatic carbocycles. The molecule has 1 saturated heterocycles. The van der Waals surface area contributed by atoms with Crippen molar-refractivity contribution in [2.75, 3.05) is 13.2 Å². The van der Waals surface area contributed by atoms with Gasteiger partial charge in [-0.2, -0.15) is 5.26 Å². The van der Waals surface area contributed by atoms with Gasteiger partial charge in [0.1, 0.15) is 0 Å². The lowest BCUT2D eigenvalue weighted by atomic mass is 9.77. The van der Waals surface area contributed by atoms with E-state index in [4.69, 9.17) is 5.26 Å². The number of hydrogen-bond donors (Lipinski definition) is 3. The van der Waals surface area contributed by atoms with Crippen LogP contribution in [0.5, 0.6) is 0 Å². The van der Waals surface area contributed by atoms with Crippen LogP contribution in [0.25, 0.3) is 11.1 Å². The Morgan fingerprint density at radius 2 is 1.57 bits per heavy atom. The van der Waals surface area contributed by atoms with E-state index in [1.54, 1.807) is 0 Å². The van der Waals surface area contributed by atoms with E-state index in [-0.39, 0.29) is 12.6 Å². The average Bonchev–Trinajstić information content (AvgIpc) is 2.74. The summed E-state index contributed by atoms with van der Waals surface area (Å²) in [6, 6.07) is 19.7. The minimum atomic E-state index is 0.138. The van der Waals surface area contributed by atoms with Crippen LogP contribution in [-0.4, -0.2) is 36.4 Å². The minimum absolute atomic E-state index is 0.138. The lowest BCUT2D eigenvalue weighted by Crippen LogP contribution is -2.65. The summed E-state index contributed by atoms with van der Waals surface area (Å²) in [5, 5.41) is 26.0. The molecule has 0 bridgehead atoms. The molecule has 4 rings (SSSR count). The largest absolute Gasteiger partial charge is 0.395 e. The molecular weight excluding hydrogens is 346 g/mol. The first-order valence-electron chi connectivity index (χ1n) is 10.5. The second kappa shape index (κ2) is 8.87. The average molecular weight is 376 g/mol. The molecular formula is C24H29N3O. The highest BCUT2D eigenvalue weighted by Gasteiger charge is 2.40. The molecule has 0 radical (unpaired) electrons. The second-order valence-corrected chi connectivity index (χ2v) is 8.14. The summed E-state index contributed by atoms with van der Waals surface area (Å²) >= 11 is 0. The van der Waals surface area contributed by atoms with Crippen molar-refractivity contribution in [3.8, 4) is 17.2 Å². The van der Waals surface area contributed by atoms with Gasteiger partial charge in [-0.1, -0.05) is 55.7 Å². The number of benzene rings is 2. The summed E-state index contributed by atoms with van der Waals surface area (Å²) in [7, 11) is 0. The molecule has 2 aliphatic rings. The quantitative estimate of drug-likeness (QED) is 0.722. The first-order valence-corrected chi connectivity index (χ1v) is 10.5. The highest BCUT2D eigenvalue weighted by atomic mass is 16.3. The Kier molecular flexibility index (Phi) is 6.07. The van der Waals surface area contributed by atoms with Crippen LogP contribution in [0.4, 0.5) is 0 Å². The van der Waals surface area contributed by atoms with Crippen molar-refractivity contribution in [2.24, 2.45) is 0 Å². The van der Waals surface area contributed by atoms with Gasteiger partial charge >= 0.3 is 0 Å². The van der Waals surface area contributed by atoms with Crippen molar-refractivity contribution in [1.29, 1.82) is 5.26 Å². The van der Waals surface area contributed by atoms with E-state index >= 15 is 0 Å². The Bertz CT molecular complexity index is 803. The number of nitriles is 1. The zero-order valence-electron chi connectivity index (χ0n) is 16.3. The molecule has 0 aromatic heterocycles. The van der Waals surface area contributed by atoms with E-state index in [1.165, 1.54) is 37.7 Å². The molecule has 1 heterocycles. The number of aliphatic hydroxyl groups is 1. The third-order valence-corrected chi connectivity index (χ3v) is 6.37. The molecule has 1 aliphatic carbocycles. The van der Waals surface area contributed by atoms with Gasteiger partial charge in [0.2, 0.25) is 0 Å². The summed E-state index contributed by atoms with van der Waals surface area (Å²) in [5.41, 5.74) is 4.23. The van der Waals surface area contributed by atoms with Crippen LogP contribution in [0.1, 0.15) is 49.1 Å². The molecule has 3 atom stereocenters. The number of hydrogen-bond acceptors (Lipinski definition) is 4. The predicted molar refractivity (Wildman–Crippen MR) is 112 cm³/mol. The normalized spacial score (nSPS) is 25.1. The highest BCUT2D eigenvalue weighted by Crippen LogP contribution is 2.33. The number of nitrogens with one attached hydrogen (secondary N) is 2. The van der Waals surface area contributed by atoms with Crippen molar-refractivity contribution in [3.63, 3.8) is 0 Å². The third kappa shape index (κ3) is 4.12.